The lowest BCUT2D eigenvalue weighted by Crippen LogP contribution is -2.45. The molecule has 3 heterocycles. The summed E-state index contributed by atoms with van der Waals surface area (Å²) in [6.45, 7) is 3.54. The number of thiol groups is 1. The van der Waals surface area contributed by atoms with Gasteiger partial charge in [-0.2, -0.15) is 4.31 Å². The number of hydrogen-bond donors (Lipinski definition) is 4. The van der Waals surface area contributed by atoms with Gasteiger partial charge in [0.25, 0.3) is 5.91 Å². The van der Waals surface area contributed by atoms with Crippen LogP contribution in [0, 0.1) is 6.92 Å². The van der Waals surface area contributed by atoms with Crippen LogP contribution < -0.4 is 10.6 Å². The Morgan fingerprint density at radius 2 is 1.93 bits per heavy atom. The monoisotopic (exact) mass is 584 g/mol. The van der Waals surface area contributed by atoms with E-state index in [2.05, 4.69) is 10.6 Å². The molecule has 220 valence electrons. The second-order valence-electron chi connectivity index (χ2n) is 10.9. The van der Waals surface area contributed by atoms with Crippen molar-refractivity contribution in [1.29, 1.82) is 0 Å². The summed E-state index contributed by atoms with van der Waals surface area (Å²) >= 11 is 0. The van der Waals surface area contributed by atoms with E-state index in [1.807, 2.05) is 37.3 Å². The summed E-state index contributed by atoms with van der Waals surface area (Å²) in [5, 5.41) is 15.8. The van der Waals surface area contributed by atoms with Crippen molar-refractivity contribution in [2.75, 3.05) is 26.7 Å². The van der Waals surface area contributed by atoms with Gasteiger partial charge >= 0.3 is 6.16 Å². The third-order valence-electron chi connectivity index (χ3n) is 8.01. The van der Waals surface area contributed by atoms with Crippen LogP contribution in [-0.4, -0.2) is 67.2 Å². The van der Waals surface area contributed by atoms with E-state index in [1.165, 1.54) is 4.31 Å². The molecular formula is C29H36N4O7S. The van der Waals surface area contributed by atoms with Gasteiger partial charge in [-0.1, -0.05) is 29.8 Å². The average Bonchev–Trinajstić information content (AvgIpc) is 3.72. The zero-order valence-corrected chi connectivity index (χ0v) is 24.2. The minimum Gasteiger partial charge on any atom is -0.450 e. The number of ether oxygens (including phenoxy) is 1. The van der Waals surface area contributed by atoms with Crippen molar-refractivity contribution >= 4 is 34.1 Å². The van der Waals surface area contributed by atoms with Gasteiger partial charge in [-0.3, -0.25) is 4.79 Å². The SMILES string of the molecule is CNC(=O)c1c(-c2ccc(C)cc2)oc2nc(CN(CCCC3(OC(=O)O)CCNCC3)[SH](=O)=O)c(C3CC3)cc12. The minimum atomic E-state index is -2.93. The lowest BCUT2D eigenvalue weighted by atomic mass is 9.87. The molecule has 1 saturated heterocycles. The van der Waals surface area contributed by atoms with Crippen LogP contribution in [0.2, 0.25) is 0 Å². The van der Waals surface area contributed by atoms with Gasteiger partial charge in [0.2, 0.25) is 16.6 Å². The molecule has 2 aromatic heterocycles. The maximum absolute atomic E-state index is 13.0. The van der Waals surface area contributed by atoms with Crippen LogP contribution in [0.1, 0.15) is 71.6 Å². The lowest BCUT2D eigenvalue weighted by Gasteiger charge is -2.36. The molecule has 3 aromatic rings. The number of fused-ring (bicyclic) bond motifs is 1. The van der Waals surface area contributed by atoms with E-state index >= 15 is 0 Å². The number of nitrogens with one attached hydrogen (secondary N) is 2. The molecule has 0 bridgehead atoms. The fourth-order valence-electron chi connectivity index (χ4n) is 5.65. The first-order chi connectivity index (χ1) is 19.7. The molecule has 11 nitrogen and oxygen atoms in total. The van der Waals surface area contributed by atoms with Gasteiger partial charge in [0.15, 0.2) is 0 Å². The lowest BCUT2D eigenvalue weighted by molar-refractivity contribution is -0.0440. The highest BCUT2D eigenvalue weighted by atomic mass is 32.2. The summed E-state index contributed by atoms with van der Waals surface area (Å²) < 4.78 is 37.5. The van der Waals surface area contributed by atoms with E-state index in [4.69, 9.17) is 14.1 Å². The quantitative estimate of drug-likeness (QED) is 0.194. The number of carboxylic acid groups (broad SMARTS) is 1. The molecule has 0 radical (unpaired) electrons. The topological polar surface area (TPSA) is 151 Å². The Hall–Kier alpha value is -3.48. The smallest absolute Gasteiger partial charge is 0.450 e. The maximum Gasteiger partial charge on any atom is 0.506 e. The average molecular weight is 585 g/mol. The van der Waals surface area contributed by atoms with Crippen molar-refractivity contribution in [3.8, 4) is 11.3 Å². The molecule has 1 saturated carbocycles. The summed E-state index contributed by atoms with van der Waals surface area (Å²) in [6.07, 6.45) is 2.57. The van der Waals surface area contributed by atoms with Crippen LogP contribution in [0.25, 0.3) is 22.4 Å². The molecule has 12 heteroatoms. The van der Waals surface area contributed by atoms with Crippen LogP contribution in [0.3, 0.4) is 0 Å². The Kier molecular flexibility index (Phi) is 8.62. The summed E-state index contributed by atoms with van der Waals surface area (Å²) in [7, 11) is -1.36. The van der Waals surface area contributed by atoms with Crippen LogP contribution in [0.15, 0.2) is 34.7 Å². The first-order valence-corrected chi connectivity index (χ1v) is 15.1. The molecule has 5 rings (SSSR count). The number of carbonyl (C=O) groups is 2. The Morgan fingerprint density at radius 1 is 1.22 bits per heavy atom. The Bertz CT molecular complexity index is 1500. The van der Waals surface area contributed by atoms with Gasteiger partial charge in [0.1, 0.15) is 11.4 Å². The van der Waals surface area contributed by atoms with Gasteiger partial charge in [0, 0.05) is 19.2 Å². The summed E-state index contributed by atoms with van der Waals surface area (Å²) in [5.41, 5.74) is 3.23. The van der Waals surface area contributed by atoms with E-state index in [1.54, 1.807) is 7.05 Å². The van der Waals surface area contributed by atoms with Crippen LogP contribution in [-0.2, 0) is 22.2 Å². The zero-order valence-electron chi connectivity index (χ0n) is 23.3. The number of pyridine rings is 1. The molecule has 1 aromatic carbocycles. The normalized spacial score (nSPS) is 16.8. The predicted molar refractivity (Wildman–Crippen MR) is 153 cm³/mol. The molecule has 2 fully saturated rings. The highest BCUT2D eigenvalue weighted by Gasteiger charge is 2.36. The van der Waals surface area contributed by atoms with Crippen molar-refractivity contribution in [3.63, 3.8) is 0 Å². The van der Waals surface area contributed by atoms with Crippen LogP contribution in [0.4, 0.5) is 4.79 Å². The van der Waals surface area contributed by atoms with E-state index in [9.17, 15) is 23.1 Å². The van der Waals surface area contributed by atoms with Gasteiger partial charge in [0.05, 0.1) is 23.2 Å². The Labute approximate surface area is 240 Å². The highest BCUT2D eigenvalue weighted by Crippen LogP contribution is 2.44. The van der Waals surface area contributed by atoms with Crippen molar-refractivity contribution < 1.29 is 32.3 Å². The number of aryl methyl sites for hydroxylation is 1. The minimum absolute atomic E-state index is 0.0602. The fraction of sp³-hybridized carbons (Fsp3) is 0.483. The maximum atomic E-state index is 13.0. The molecule has 2 aliphatic rings. The van der Waals surface area contributed by atoms with Crippen molar-refractivity contribution in [3.05, 3.63) is 52.7 Å². The number of carbonyl (C=O) groups excluding carboxylic acids is 1. The van der Waals surface area contributed by atoms with E-state index in [-0.39, 0.29) is 30.6 Å². The first kappa shape index (κ1) is 29.0. The molecule has 1 aliphatic heterocycles. The van der Waals surface area contributed by atoms with Crippen molar-refractivity contribution in [2.45, 2.75) is 63.5 Å². The molecule has 3 N–H and O–H groups in total. The molecule has 0 unspecified atom stereocenters. The second kappa shape index (κ2) is 12.2. The first-order valence-electron chi connectivity index (χ1n) is 14.0. The number of piperidine rings is 1. The Balaban J connectivity index is 1.44. The number of amides is 1. The van der Waals surface area contributed by atoms with E-state index < -0.39 is 22.6 Å². The number of rotatable bonds is 11. The Morgan fingerprint density at radius 3 is 2.54 bits per heavy atom. The standard InChI is InChI=1S/C29H36N4O7S/c1-18-4-6-20(7-5-18)25-24(26(34)30-2)22-16-21(19-8-9-19)23(32-27(22)39-25)17-33(41(37)38)15-3-10-29(40-28(35)36)11-13-31-14-12-29/h4-7,16,19,31,41H,3,8-15,17H2,1-2H3,(H,30,34)(H,35,36). The van der Waals surface area contributed by atoms with E-state index in [0.29, 0.717) is 61.2 Å². The molecule has 1 amide bonds. The summed E-state index contributed by atoms with van der Waals surface area (Å²) in [4.78, 5) is 29.1. The van der Waals surface area contributed by atoms with E-state index in [0.717, 1.165) is 29.5 Å². The molecule has 0 spiro atoms. The van der Waals surface area contributed by atoms with Gasteiger partial charge in [-0.25, -0.2) is 18.2 Å². The number of hydrogen-bond acceptors (Lipinski definition) is 8. The van der Waals surface area contributed by atoms with Gasteiger partial charge in [-0.05, 0) is 76.1 Å². The third-order valence-corrected chi connectivity index (χ3v) is 8.81. The largest absolute Gasteiger partial charge is 0.506 e. The zero-order chi connectivity index (χ0) is 29.1. The molecule has 0 atom stereocenters. The number of benzene rings is 1. The number of furan rings is 1. The van der Waals surface area contributed by atoms with Gasteiger partial charge < -0.3 is 24.9 Å². The fourth-order valence-corrected chi connectivity index (χ4v) is 6.21. The number of nitrogens with zero attached hydrogens (tertiary/aromatic N) is 2. The third kappa shape index (κ3) is 6.55. The second-order valence-corrected chi connectivity index (χ2v) is 12.0. The van der Waals surface area contributed by atoms with Gasteiger partial charge in [-0.15, -0.1) is 0 Å². The van der Waals surface area contributed by atoms with Crippen LogP contribution >= 0.6 is 0 Å². The van der Waals surface area contributed by atoms with Crippen molar-refractivity contribution in [1.82, 2.24) is 19.9 Å². The summed E-state index contributed by atoms with van der Waals surface area (Å²) in [5.74, 6) is 0.379. The highest BCUT2D eigenvalue weighted by molar-refractivity contribution is 7.69. The molecule has 1 aliphatic carbocycles. The molecular weight excluding hydrogens is 548 g/mol. The summed E-state index contributed by atoms with van der Waals surface area (Å²) in [6, 6.07) is 9.62. The van der Waals surface area contributed by atoms with Crippen LogP contribution in [0.5, 0.6) is 0 Å². The predicted octanol–water partition coefficient (Wildman–Crippen LogP) is 3.97. The molecule has 41 heavy (non-hydrogen) atoms. The number of aromatic nitrogens is 1. The van der Waals surface area contributed by atoms with Crippen molar-refractivity contribution in [2.24, 2.45) is 0 Å².